The minimum atomic E-state index is 0.582. The first-order valence-corrected chi connectivity index (χ1v) is 10.6. The third kappa shape index (κ3) is 3.09. The van der Waals surface area contributed by atoms with E-state index in [1.807, 2.05) is 6.07 Å². The van der Waals surface area contributed by atoms with Crippen LogP contribution in [0.4, 0.5) is 0 Å². The van der Waals surface area contributed by atoms with E-state index >= 15 is 0 Å². The first-order valence-electron chi connectivity index (χ1n) is 10.6. The maximum absolute atomic E-state index is 5.62. The van der Waals surface area contributed by atoms with Crippen LogP contribution < -0.4 is 0 Å². The molecule has 2 aromatic carbocycles. The third-order valence-electron chi connectivity index (χ3n) is 6.40. The molecule has 0 amide bonds. The van der Waals surface area contributed by atoms with Gasteiger partial charge in [-0.3, -0.25) is 0 Å². The standard InChI is InChI=1S/C25H26N2O/c1-2-17-8-6-7-11-23(17)24-26-25(28-27-24)20-13-15-22-19(16-20)12-14-21(22)18-9-4-3-5-10-18/h6-8,11-16,18,21H,2-5,9-10H2,1H3. The average Bonchev–Trinajstić information content (AvgIpc) is 3.41. The van der Waals surface area contributed by atoms with Crippen molar-refractivity contribution in [2.24, 2.45) is 5.92 Å². The number of rotatable bonds is 4. The molecule has 1 aromatic heterocycles. The SMILES string of the molecule is CCc1ccccc1-c1noc(-c2ccc3c(c2)C=CC3C2CCCCC2)n1. The molecule has 0 N–H and O–H groups in total. The monoisotopic (exact) mass is 370 g/mol. The Hall–Kier alpha value is -2.68. The van der Waals surface area contributed by atoms with Gasteiger partial charge in [0.25, 0.3) is 5.89 Å². The summed E-state index contributed by atoms with van der Waals surface area (Å²) in [7, 11) is 0. The number of hydrogen-bond donors (Lipinski definition) is 0. The van der Waals surface area contributed by atoms with Gasteiger partial charge >= 0.3 is 0 Å². The lowest BCUT2D eigenvalue weighted by atomic mass is 9.78. The summed E-state index contributed by atoms with van der Waals surface area (Å²) in [4.78, 5) is 4.69. The van der Waals surface area contributed by atoms with Gasteiger partial charge in [0.15, 0.2) is 0 Å². The Balaban J connectivity index is 1.43. The molecule has 3 aromatic rings. The van der Waals surface area contributed by atoms with Crippen LogP contribution >= 0.6 is 0 Å². The van der Waals surface area contributed by atoms with Gasteiger partial charge < -0.3 is 4.52 Å². The number of aryl methyl sites for hydroxylation is 1. The zero-order valence-electron chi connectivity index (χ0n) is 16.4. The number of aromatic nitrogens is 2. The van der Waals surface area contributed by atoms with E-state index in [9.17, 15) is 0 Å². The molecule has 0 bridgehead atoms. The van der Waals surface area contributed by atoms with Crippen molar-refractivity contribution in [2.75, 3.05) is 0 Å². The van der Waals surface area contributed by atoms with Gasteiger partial charge in [-0.2, -0.15) is 4.98 Å². The molecule has 1 fully saturated rings. The summed E-state index contributed by atoms with van der Waals surface area (Å²) in [6.45, 7) is 2.15. The Morgan fingerprint density at radius 1 is 1.04 bits per heavy atom. The fourth-order valence-corrected chi connectivity index (χ4v) is 4.87. The van der Waals surface area contributed by atoms with Crippen molar-refractivity contribution in [3.63, 3.8) is 0 Å². The van der Waals surface area contributed by atoms with Crippen LogP contribution in [0, 0.1) is 5.92 Å². The Kier molecular flexibility index (Phi) is 4.59. The molecular weight excluding hydrogens is 344 g/mol. The summed E-state index contributed by atoms with van der Waals surface area (Å²) in [6, 6.07) is 14.9. The van der Waals surface area contributed by atoms with Crippen LogP contribution in [0.1, 0.15) is 61.6 Å². The lowest BCUT2D eigenvalue weighted by Crippen LogP contribution is -2.13. The normalized spacial score (nSPS) is 19.1. The second kappa shape index (κ2) is 7.38. The molecule has 5 rings (SSSR count). The van der Waals surface area contributed by atoms with Crippen molar-refractivity contribution < 1.29 is 4.52 Å². The van der Waals surface area contributed by atoms with Crippen LogP contribution in [0.15, 0.2) is 53.1 Å². The summed E-state index contributed by atoms with van der Waals surface area (Å²) in [5.74, 6) is 2.65. The molecule has 3 nitrogen and oxygen atoms in total. The maximum Gasteiger partial charge on any atom is 0.258 e. The Bertz CT molecular complexity index is 1010. The van der Waals surface area contributed by atoms with Gasteiger partial charge in [0.1, 0.15) is 0 Å². The fraction of sp³-hybridized carbons (Fsp3) is 0.360. The predicted molar refractivity (Wildman–Crippen MR) is 113 cm³/mol. The summed E-state index contributed by atoms with van der Waals surface area (Å²) >= 11 is 0. The maximum atomic E-state index is 5.62. The minimum absolute atomic E-state index is 0.582. The van der Waals surface area contributed by atoms with Gasteiger partial charge in [0.2, 0.25) is 5.82 Å². The highest BCUT2D eigenvalue weighted by atomic mass is 16.5. The van der Waals surface area contributed by atoms with Gasteiger partial charge in [0, 0.05) is 17.0 Å². The van der Waals surface area contributed by atoms with Crippen LogP contribution in [0.2, 0.25) is 0 Å². The van der Waals surface area contributed by atoms with Crippen LogP contribution in [-0.2, 0) is 6.42 Å². The van der Waals surface area contributed by atoms with Gasteiger partial charge in [-0.15, -0.1) is 0 Å². The smallest absolute Gasteiger partial charge is 0.258 e. The number of fused-ring (bicyclic) bond motifs is 1. The van der Waals surface area contributed by atoms with E-state index in [0.29, 0.717) is 17.6 Å². The zero-order chi connectivity index (χ0) is 18.9. The van der Waals surface area contributed by atoms with Crippen molar-refractivity contribution >= 4 is 6.08 Å². The van der Waals surface area contributed by atoms with E-state index in [1.54, 1.807) is 0 Å². The van der Waals surface area contributed by atoms with Crippen LogP contribution in [-0.4, -0.2) is 10.1 Å². The Morgan fingerprint density at radius 2 is 1.89 bits per heavy atom. The predicted octanol–water partition coefficient (Wildman–Crippen LogP) is 6.66. The molecule has 1 atom stereocenters. The molecule has 0 spiro atoms. The Labute approximate surface area is 166 Å². The van der Waals surface area contributed by atoms with E-state index in [2.05, 4.69) is 60.6 Å². The highest BCUT2D eigenvalue weighted by Crippen LogP contribution is 2.43. The van der Waals surface area contributed by atoms with Crippen LogP contribution in [0.3, 0.4) is 0 Å². The topological polar surface area (TPSA) is 38.9 Å². The molecule has 2 aliphatic rings. The molecule has 3 heteroatoms. The van der Waals surface area contributed by atoms with Crippen molar-refractivity contribution in [2.45, 2.75) is 51.4 Å². The van der Waals surface area contributed by atoms with Gasteiger partial charge in [-0.1, -0.05) is 73.8 Å². The molecule has 0 aliphatic heterocycles. The van der Waals surface area contributed by atoms with E-state index < -0.39 is 0 Å². The number of hydrogen-bond acceptors (Lipinski definition) is 3. The van der Waals surface area contributed by atoms with Crippen molar-refractivity contribution in [1.29, 1.82) is 0 Å². The second-order valence-electron chi connectivity index (χ2n) is 8.06. The van der Waals surface area contributed by atoms with Crippen molar-refractivity contribution in [3.8, 4) is 22.8 Å². The first kappa shape index (κ1) is 17.4. The summed E-state index contributed by atoms with van der Waals surface area (Å²) in [5.41, 5.74) is 6.06. The van der Waals surface area contributed by atoms with Gasteiger partial charge in [0.05, 0.1) is 0 Å². The molecular formula is C25H26N2O. The minimum Gasteiger partial charge on any atom is -0.334 e. The molecule has 2 aliphatic carbocycles. The molecule has 1 heterocycles. The molecule has 0 radical (unpaired) electrons. The summed E-state index contributed by atoms with van der Waals surface area (Å²) in [6.07, 6.45) is 12.5. The van der Waals surface area contributed by atoms with Gasteiger partial charge in [-0.25, -0.2) is 0 Å². The zero-order valence-corrected chi connectivity index (χ0v) is 16.4. The third-order valence-corrected chi connectivity index (χ3v) is 6.40. The average molecular weight is 370 g/mol. The highest BCUT2D eigenvalue weighted by molar-refractivity contribution is 5.70. The van der Waals surface area contributed by atoms with Gasteiger partial charge in [-0.05, 0) is 54.0 Å². The lowest BCUT2D eigenvalue weighted by molar-refractivity contribution is 0.334. The molecule has 1 saturated carbocycles. The number of benzene rings is 2. The van der Waals surface area contributed by atoms with E-state index in [0.717, 1.165) is 23.5 Å². The summed E-state index contributed by atoms with van der Waals surface area (Å²) < 4.78 is 5.62. The Morgan fingerprint density at radius 3 is 2.75 bits per heavy atom. The lowest BCUT2D eigenvalue weighted by Gasteiger charge is -2.27. The van der Waals surface area contributed by atoms with Crippen LogP contribution in [0.25, 0.3) is 28.9 Å². The van der Waals surface area contributed by atoms with Crippen molar-refractivity contribution in [3.05, 3.63) is 65.2 Å². The fourth-order valence-electron chi connectivity index (χ4n) is 4.87. The largest absolute Gasteiger partial charge is 0.334 e. The molecule has 142 valence electrons. The molecule has 1 unspecified atom stereocenters. The molecule has 0 saturated heterocycles. The first-order chi connectivity index (χ1) is 13.8. The molecule has 28 heavy (non-hydrogen) atoms. The highest BCUT2D eigenvalue weighted by Gasteiger charge is 2.27. The quantitative estimate of drug-likeness (QED) is 0.515. The van der Waals surface area contributed by atoms with E-state index in [-0.39, 0.29) is 0 Å². The number of allylic oxidation sites excluding steroid dienone is 1. The second-order valence-corrected chi connectivity index (χ2v) is 8.06. The van der Waals surface area contributed by atoms with E-state index in [1.165, 1.54) is 48.8 Å². The summed E-state index contributed by atoms with van der Waals surface area (Å²) in [5, 5.41) is 4.25. The number of nitrogens with zero attached hydrogens (tertiary/aromatic N) is 2. The van der Waals surface area contributed by atoms with Crippen LogP contribution in [0.5, 0.6) is 0 Å². The van der Waals surface area contributed by atoms with Crippen molar-refractivity contribution in [1.82, 2.24) is 10.1 Å². The van der Waals surface area contributed by atoms with E-state index in [4.69, 9.17) is 9.51 Å².